The molecule has 1 aliphatic heterocycles. The minimum atomic E-state index is 0.759. The largest absolute Gasteiger partial charge is 0.313 e. The lowest BCUT2D eigenvalue weighted by Gasteiger charge is -2.33. The lowest BCUT2D eigenvalue weighted by atomic mass is 10.0. The van der Waals surface area contributed by atoms with Gasteiger partial charge in [0.2, 0.25) is 0 Å². The van der Waals surface area contributed by atoms with E-state index < -0.39 is 0 Å². The van der Waals surface area contributed by atoms with E-state index in [1.54, 1.807) is 0 Å². The Bertz CT molecular complexity index is 203. The van der Waals surface area contributed by atoms with Gasteiger partial charge in [-0.2, -0.15) is 0 Å². The van der Waals surface area contributed by atoms with Gasteiger partial charge in [-0.3, -0.25) is 0 Å². The van der Waals surface area contributed by atoms with E-state index in [9.17, 15) is 0 Å². The molecule has 0 aromatic rings. The van der Waals surface area contributed by atoms with Crippen molar-refractivity contribution in [2.45, 2.75) is 78.2 Å². The van der Waals surface area contributed by atoms with Crippen molar-refractivity contribution in [3.8, 4) is 0 Å². The highest BCUT2D eigenvalue weighted by molar-refractivity contribution is 4.77. The second-order valence-corrected chi connectivity index (χ2v) is 6.69. The first kappa shape index (κ1) is 17.0. The van der Waals surface area contributed by atoms with E-state index in [0.29, 0.717) is 0 Å². The van der Waals surface area contributed by atoms with Crippen molar-refractivity contribution in [3.05, 3.63) is 0 Å². The maximum Gasteiger partial charge on any atom is 0.0195 e. The Morgan fingerprint density at radius 2 is 1.95 bits per heavy atom. The highest BCUT2D eigenvalue weighted by Crippen LogP contribution is 2.13. The van der Waals surface area contributed by atoms with Crippen LogP contribution < -0.4 is 5.32 Å². The van der Waals surface area contributed by atoms with E-state index >= 15 is 0 Å². The molecule has 0 spiro atoms. The van der Waals surface area contributed by atoms with E-state index in [1.807, 2.05) is 0 Å². The molecular formula is C17H36N2. The van der Waals surface area contributed by atoms with Crippen molar-refractivity contribution < 1.29 is 0 Å². The van der Waals surface area contributed by atoms with Crippen LogP contribution in [-0.4, -0.2) is 37.1 Å². The molecule has 0 aliphatic carbocycles. The molecule has 2 heteroatoms. The number of nitrogens with one attached hydrogen (secondary N) is 1. The summed E-state index contributed by atoms with van der Waals surface area (Å²) < 4.78 is 0. The highest BCUT2D eigenvalue weighted by Gasteiger charge is 2.18. The van der Waals surface area contributed by atoms with Gasteiger partial charge >= 0.3 is 0 Å². The van der Waals surface area contributed by atoms with Gasteiger partial charge in [-0.15, -0.1) is 0 Å². The third kappa shape index (κ3) is 8.65. The quantitative estimate of drug-likeness (QED) is 0.601. The van der Waals surface area contributed by atoms with Crippen LogP contribution in [0.5, 0.6) is 0 Å². The molecule has 0 amide bonds. The number of piperidine rings is 1. The Balaban J connectivity index is 1.99. The van der Waals surface area contributed by atoms with Gasteiger partial charge in [0.15, 0.2) is 0 Å². The van der Waals surface area contributed by atoms with Crippen LogP contribution in [0.15, 0.2) is 0 Å². The minimum absolute atomic E-state index is 0.759. The maximum absolute atomic E-state index is 3.68. The fourth-order valence-electron chi connectivity index (χ4n) is 3.02. The van der Waals surface area contributed by atoms with Crippen LogP contribution in [0, 0.1) is 5.92 Å². The van der Waals surface area contributed by atoms with Gasteiger partial charge in [-0.25, -0.2) is 0 Å². The van der Waals surface area contributed by atoms with Gasteiger partial charge in [0.25, 0.3) is 0 Å². The number of hydrogen-bond donors (Lipinski definition) is 1. The maximum atomic E-state index is 3.68. The summed E-state index contributed by atoms with van der Waals surface area (Å²) in [5, 5.41) is 3.68. The standard InChI is InChI=1S/C17H36N2/c1-4-12-18-17-11-9-14-19(15-17)13-8-6-5-7-10-16(2)3/h16-18H,4-15H2,1-3H3. The summed E-state index contributed by atoms with van der Waals surface area (Å²) in [6.07, 6.45) is 11.1. The fraction of sp³-hybridized carbons (Fsp3) is 1.00. The summed E-state index contributed by atoms with van der Waals surface area (Å²) in [6, 6.07) is 0.759. The first-order chi connectivity index (χ1) is 9.22. The van der Waals surface area contributed by atoms with E-state index in [4.69, 9.17) is 0 Å². The van der Waals surface area contributed by atoms with E-state index in [-0.39, 0.29) is 0 Å². The Morgan fingerprint density at radius 1 is 1.16 bits per heavy atom. The predicted octanol–water partition coefficient (Wildman–Crippen LogP) is 4.06. The van der Waals surface area contributed by atoms with Gasteiger partial charge in [-0.1, -0.05) is 46.5 Å². The van der Waals surface area contributed by atoms with Crippen LogP contribution in [0.1, 0.15) is 72.1 Å². The second kappa shape index (κ2) is 10.7. The highest BCUT2D eigenvalue weighted by atomic mass is 15.2. The van der Waals surface area contributed by atoms with Crippen LogP contribution in [0.25, 0.3) is 0 Å². The number of rotatable bonds is 10. The summed E-state index contributed by atoms with van der Waals surface area (Å²) in [5.74, 6) is 0.882. The van der Waals surface area contributed by atoms with Crippen LogP contribution >= 0.6 is 0 Å². The first-order valence-corrected chi connectivity index (χ1v) is 8.68. The smallest absolute Gasteiger partial charge is 0.0195 e. The number of likely N-dealkylation sites (tertiary alicyclic amines) is 1. The molecule has 1 saturated heterocycles. The van der Waals surface area contributed by atoms with Crippen LogP contribution in [0.4, 0.5) is 0 Å². The fourth-order valence-corrected chi connectivity index (χ4v) is 3.02. The molecule has 1 unspecified atom stereocenters. The van der Waals surface area contributed by atoms with Crippen molar-refractivity contribution >= 4 is 0 Å². The Hall–Kier alpha value is -0.0800. The molecule has 19 heavy (non-hydrogen) atoms. The van der Waals surface area contributed by atoms with Crippen LogP contribution in [0.2, 0.25) is 0 Å². The first-order valence-electron chi connectivity index (χ1n) is 8.68. The van der Waals surface area contributed by atoms with Gasteiger partial charge in [0, 0.05) is 12.6 Å². The molecule has 0 bridgehead atoms. The third-order valence-corrected chi connectivity index (χ3v) is 4.19. The lowest BCUT2D eigenvalue weighted by molar-refractivity contribution is 0.187. The Morgan fingerprint density at radius 3 is 2.68 bits per heavy atom. The van der Waals surface area contributed by atoms with Gasteiger partial charge in [-0.05, 0) is 51.2 Å². The summed E-state index contributed by atoms with van der Waals surface area (Å²) in [7, 11) is 0. The molecule has 0 radical (unpaired) electrons. The van der Waals surface area contributed by atoms with Gasteiger partial charge in [0.1, 0.15) is 0 Å². The van der Waals surface area contributed by atoms with Crippen LogP contribution in [0.3, 0.4) is 0 Å². The molecule has 1 aliphatic rings. The zero-order chi connectivity index (χ0) is 13.9. The lowest BCUT2D eigenvalue weighted by Crippen LogP contribution is -2.46. The molecule has 0 aromatic heterocycles. The number of nitrogens with zero attached hydrogens (tertiary/aromatic N) is 1. The summed E-state index contributed by atoms with van der Waals surface area (Å²) in [4.78, 5) is 2.68. The monoisotopic (exact) mass is 268 g/mol. The Kier molecular flexibility index (Phi) is 9.54. The molecule has 114 valence electrons. The number of hydrogen-bond acceptors (Lipinski definition) is 2. The summed E-state index contributed by atoms with van der Waals surface area (Å²) in [5.41, 5.74) is 0. The average molecular weight is 268 g/mol. The summed E-state index contributed by atoms with van der Waals surface area (Å²) in [6.45, 7) is 12.0. The third-order valence-electron chi connectivity index (χ3n) is 4.19. The molecule has 1 rings (SSSR count). The van der Waals surface area contributed by atoms with Gasteiger partial charge < -0.3 is 10.2 Å². The predicted molar refractivity (Wildman–Crippen MR) is 85.7 cm³/mol. The van der Waals surface area contributed by atoms with Crippen molar-refractivity contribution in [2.75, 3.05) is 26.2 Å². The molecule has 1 atom stereocenters. The van der Waals surface area contributed by atoms with E-state index in [2.05, 4.69) is 31.0 Å². The van der Waals surface area contributed by atoms with E-state index in [1.165, 1.54) is 77.5 Å². The minimum Gasteiger partial charge on any atom is -0.313 e. The normalized spacial score (nSPS) is 21.2. The second-order valence-electron chi connectivity index (χ2n) is 6.69. The van der Waals surface area contributed by atoms with E-state index in [0.717, 1.165) is 12.0 Å². The topological polar surface area (TPSA) is 15.3 Å². The molecule has 1 N–H and O–H groups in total. The molecule has 0 aromatic carbocycles. The zero-order valence-corrected chi connectivity index (χ0v) is 13.6. The molecule has 1 heterocycles. The van der Waals surface area contributed by atoms with Gasteiger partial charge in [0.05, 0.1) is 0 Å². The van der Waals surface area contributed by atoms with Crippen molar-refractivity contribution in [1.29, 1.82) is 0 Å². The number of unbranched alkanes of at least 4 members (excludes halogenated alkanes) is 3. The average Bonchev–Trinajstić information content (AvgIpc) is 2.40. The SMILES string of the molecule is CCCNC1CCCN(CCCCCCC(C)C)C1. The van der Waals surface area contributed by atoms with Crippen LogP contribution in [-0.2, 0) is 0 Å². The molecule has 1 fully saturated rings. The Labute approximate surface area is 121 Å². The zero-order valence-electron chi connectivity index (χ0n) is 13.6. The molecular weight excluding hydrogens is 232 g/mol. The molecule has 2 nitrogen and oxygen atoms in total. The summed E-state index contributed by atoms with van der Waals surface area (Å²) >= 11 is 0. The van der Waals surface area contributed by atoms with Crippen molar-refractivity contribution in [2.24, 2.45) is 5.92 Å². The van der Waals surface area contributed by atoms with Crippen molar-refractivity contribution in [1.82, 2.24) is 10.2 Å². The molecule has 0 saturated carbocycles. The van der Waals surface area contributed by atoms with Crippen molar-refractivity contribution in [3.63, 3.8) is 0 Å².